The fourth-order valence-electron chi connectivity index (χ4n) is 4.21. The molecule has 4 aromatic rings. The lowest BCUT2D eigenvalue weighted by molar-refractivity contribution is -0.128. The van der Waals surface area contributed by atoms with Crippen LogP contribution < -0.4 is 5.56 Å². The first-order chi connectivity index (χ1) is 17.0. The largest absolute Gasteiger partial charge is 0.383 e. The first-order valence-corrected chi connectivity index (χ1v) is 12.5. The van der Waals surface area contributed by atoms with Crippen LogP contribution in [-0.2, 0) is 9.53 Å². The number of rotatable bonds is 9. The molecule has 0 fully saturated rings. The molecule has 0 unspecified atom stereocenters. The molecule has 7 heteroatoms. The number of para-hydroxylation sites is 1. The Morgan fingerprint density at radius 3 is 2.14 bits per heavy atom. The zero-order valence-electron chi connectivity index (χ0n) is 20.1. The lowest BCUT2D eigenvalue weighted by Crippen LogP contribution is -2.34. The van der Waals surface area contributed by atoms with Gasteiger partial charge in [-0.2, -0.15) is 0 Å². The predicted octanol–water partition coefficient (Wildman–Crippen LogP) is 4.94. The van der Waals surface area contributed by atoms with Crippen LogP contribution in [0.1, 0.15) is 30.1 Å². The minimum Gasteiger partial charge on any atom is -0.383 e. The van der Waals surface area contributed by atoms with Gasteiger partial charge in [-0.05, 0) is 30.2 Å². The number of methoxy groups -OCH3 is 1. The molecule has 6 nitrogen and oxygen atoms in total. The number of thioether (sulfide) groups is 1. The number of aromatic nitrogens is 2. The van der Waals surface area contributed by atoms with Crippen LogP contribution in [0, 0.1) is 0 Å². The number of benzene rings is 3. The lowest BCUT2D eigenvalue weighted by Gasteiger charge is -2.29. The van der Waals surface area contributed by atoms with E-state index in [0.29, 0.717) is 22.7 Å². The van der Waals surface area contributed by atoms with Crippen molar-refractivity contribution >= 4 is 28.6 Å². The van der Waals surface area contributed by atoms with Gasteiger partial charge in [0.05, 0.1) is 35.3 Å². The zero-order chi connectivity index (χ0) is 24.8. The highest BCUT2D eigenvalue weighted by Crippen LogP contribution is 2.29. The average Bonchev–Trinajstić information content (AvgIpc) is 2.89. The number of carbonyl (C=O) groups excluding carboxylic acids is 1. The summed E-state index contributed by atoms with van der Waals surface area (Å²) in [6.45, 7) is 2.28. The molecule has 4 rings (SSSR count). The molecule has 180 valence electrons. The highest BCUT2D eigenvalue weighted by Gasteiger charge is 2.24. The first-order valence-electron chi connectivity index (χ1n) is 11.5. The third-order valence-electron chi connectivity index (χ3n) is 5.96. The molecule has 0 aliphatic carbocycles. The summed E-state index contributed by atoms with van der Waals surface area (Å²) < 4.78 is 6.94. The van der Waals surface area contributed by atoms with E-state index in [-0.39, 0.29) is 29.3 Å². The number of carbonyl (C=O) groups is 1. The number of hydrogen-bond donors (Lipinski definition) is 0. The topological polar surface area (TPSA) is 64.4 Å². The Bertz CT molecular complexity index is 1300. The molecule has 0 saturated carbocycles. The first kappa shape index (κ1) is 24.7. The highest BCUT2D eigenvalue weighted by atomic mass is 32.2. The van der Waals surface area contributed by atoms with Gasteiger partial charge in [-0.15, -0.1) is 0 Å². The van der Waals surface area contributed by atoms with Crippen molar-refractivity contribution < 1.29 is 9.53 Å². The van der Waals surface area contributed by atoms with Crippen LogP contribution in [0.5, 0.6) is 0 Å². The van der Waals surface area contributed by atoms with Crippen LogP contribution in [0.3, 0.4) is 0 Å². The maximum absolute atomic E-state index is 13.4. The van der Waals surface area contributed by atoms with Gasteiger partial charge >= 0.3 is 0 Å². The van der Waals surface area contributed by atoms with Gasteiger partial charge in [0.1, 0.15) is 0 Å². The van der Waals surface area contributed by atoms with Crippen LogP contribution in [-0.4, -0.2) is 46.9 Å². The number of fused-ring (bicyclic) bond motifs is 1. The molecule has 0 aliphatic rings. The van der Waals surface area contributed by atoms with Crippen molar-refractivity contribution in [2.75, 3.05) is 26.5 Å². The molecule has 0 spiro atoms. The van der Waals surface area contributed by atoms with E-state index in [1.165, 1.54) is 11.8 Å². The van der Waals surface area contributed by atoms with Gasteiger partial charge in [0.15, 0.2) is 5.16 Å². The molecule has 1 heterocycles. The minimum atomic E-state index is -0.221. The molecule has 1 amide bonds. The van der Waals surface area contributed by atoms with E-state index in [1.54, 1.807) is 22.6 Å². The molecule has 0 N–H and O–H groups in total. The summed E-state index contributed by atoms with van der Waals surface area (Å²) >= 11 is 1.28. The smallest absolute Gasteiger partial charge is 0.262 e. The lowest BCUT2D eigenvalue weighted by atomic mass is 9.97. The van der Waals surface area contributed by atoms with E-state index in [1.807, 2.05) is 92.8 Å². The predicted molar refractivity (Wildman–Crippen MR) is 141 cm³/mol. The maximum atomic E-state index is 13.4. The Hall–Kier alpha value is -3.42. The third-order valence-corrected chi connectivity index (χ3v) is 6.90. The van der Waals surface area contributed by atoms with Crippen molar-refractivity contribution in [1.29, 1.82) is 0 Å². The molecule has 0 saturated heterocycles. The van der Waals surface area contributed by atoms with Gasteiger partial charge in [-0.3, -0.25) is 14.2 Å². The van der Waals surface area contributed by atoms with Crippen LogP contribution in [0.15, 0.2) is 94.9 Å². The molecular weight excluding hydrogens is 458 g/mol. The fraction of sp³-hybridized carbons (Fsp3) is 0.250. The maximum Gasteiger partial charge on any atom is 0.262 e. The monoisotopic (exact) mass is 487 g/mol. The van der Waals surface area contributed by atoms with E-state index in [9.17, 15) is 9.59 Å². The van der Waals surface area contributed by atoms with E-state index in [4.69, 9.17) is 9.72 Å². The van der Waals surface area contributed by atoms with Crippen molar-refractivity contribution in [2.24, 2.45) is 0 Å². The standard InChI is InChI=1S/C28H29N3O3S/c1-20(18-34-3)31-27(33)23-16-10-11-17-24(23)29-28(31)35-19-25(32)30(2)26(21-12-6-4-7-13-21)22-14-8-5-9-15-22/h4-17,20,26H,18-19H2,1-3H3/t20-/m1/s1. The molecule has 1 atom stereocenters. The van der Waals surface area contributed by atoms with Crippen LogP contribution >= 0.6 is 11.8 Å². The van der Waals surface area contributed by atoms with E-state index >= 15 is 0 Å². The van der Waals surface area contributed by atoms with Crippen molar-refractivity contribution in [2.45, 2.75) is 24.2 Å². The summed E-state index contributed by atoms with van der Waals surface area (Å²) in [5, 5.41) is 1.06. The van der Waals surface area contributed by atoms with Gasteiger partial charge < -0.3 is 9.64 Å². The van der Waals surface area contributed by atoms with Crippen LogP contribution in [0.2, 0.25) is 0 Å². The Labute approximate surface area is 209 Å². The van der Waals surface area contributed by atoms with Crippen LogP contribution in [0.4, 0.5) is 0 Å². The van der Waals surface area contributed by atoms with Gasteiger partial charge in [0.2, 0.25) is 5.91 Å². The number of nitrogens with zero attached hydrogens (tertiary/aromatic N) is 3. The summed E-state index contributed by atoms with van der Waals surface area (Å²) in [4.78, 5) is 33.2. The highest BCUT2D eigenvalue weighted by molar-refractivity contribution is 7.99. The van der Waals surface area contributed by atoms with Gasteiger partial charge in [-0.25, -0.2) is 4.98 Å². The number of ether oxygens (including phenoxy) is 1. The van der Waals surface area contributed by atoms with Gasteiger partial charge in [0.25, 0.3) is 5.56 Å². The average molecular weight is 488 g/mol. The van der Waals surface area contributed by atoms with Crippen LogP contribution in [0.25, 0.3) is 10.9 Å². The Morgan fingerprint density at radius 2 is 1.54 bits per heavy atom. The summed E-state index contributed by atoms with van der Waals surface area (Å²) in [6.07, 6.45) is 0. The van der Waals surface area contributed by atoms with E-state index in [0.717, 1.165) is 11.1 Å². The third kappa shape index (κ3) is 5.47. The molecule has 3 aromatic carbocycles. The quantitative estimate of drug-likeness (QED) is 0.247. The summed E-state index contributed by atoms with van der Waals surface area (Å²) in [5.74, 6) is 0.0954. The number of amides is 1. The summed E-state index contributed by atoms with van der Waals surface area (Å²) in [6, 6.07) is 26.8. The van der Waals surface area contributed by atoms with Crippen molar-refractivity contribution in [3.05, 3.63) is 106 Å². The second-order valence-corrected chi connectivity index (χ2v) is 9.35. The molecule has 0 bridgehead atoms. The molecule has 0 aliphatic heterocycles. The fourth-order valence-corrected chi connectivity index (χ4v) is 5.24. The Morgan fingerprint density at radius 1 is 0.971 bits per heavy atom. The Balaban J connectivity index is 1.63. The number of hydrogen-bond acceptors (Lipinski definition) is 5. The summed E-state index contributed by atoms with van der Waals surface area (Å²) in [5.41, 5.74) is 2.56. The molecule has 1 aromatic heterocycles. The summed E-state index contributed by atoms with van der Waals surface area (Å²) in [7, 11) is 3.43. The second-order valence-electron chi connectivity index (χ2n) is 8.41. The Kier molecular flexibility index (Phi) is 8.00. The van der Waals surface area contributed by atoms with Gasteiger partial charge in [0, 0.05) is 14.2 Å². The SMILES string of the molecule is COC[C@@H](C)n1c(SCC(=O)N(C)C(c2ccccc2)c2ccccc2)nc2ccccc2c1=O. The minimum absolute atomic E-state index is 0.0546. The molecule has 35 heavy (non-hydrogen) atoms. The normalized spacial score (nSPS) is 12.1. The van der Waals surface area contributed by atoms with E-state index < -0.39 is 0 Å². The van der Waals surface area contributed by atoms with Crippen molar-refractivity contribution in [1.82, 2.24) is 14.5 Å². The van der Waals surface area contributed by atoms with Crippen molar-refractivity contribution in [3.63, 3.8) is 0 Å². The molecule has 0 radical (unpaired) electrons. The van der Waals surface area contributed by atoms with Gasteiger partial charge in [-0.1, -0.05) is 84.6 Å². The van der Waals surface area contributed by atoms with Crippen molar-refractivity contribution in [3.8, 4) is 0 Å². The second kappa shape index (κ2) is 11.3. The van der Waals surface area contributed by atoms with E-state index in [2.05, 4.69) is 0 Å². The molecular formula is C28H29N3O3S. The zero-order valence-corrected chi connectivity index (χ0v) is 20.9.